The molecule has 1 N–H and O–H groups in total. The van der Waals surface area contributed by atoms with Crippen LogP contribution in [0.2, 0.25) is 0 Å². The van der Waals surface area contributed by atoms with Gasteiger partial charge in [0.05, 0.1) is 13.0 Å². The van der Waals surface area contributed by atoms with Crippen molar-refractivity contribution in [3.8, 4) is 5.75 Å². The molecule has 0 fully saturated rings. The van der Waals surface area contributed by atoms with Gasteiger partial charge in [-0.3, -0.25) is 4.79 Å². The van der Waals surface area contributed by atoms with E-state index in [0.29, 0.717) is 6.42 Å². The van der Waals surface area contributed by atoms with Crippen molar-refractivity contribution < 1.29 is 14.6 Å². The maximum atomic E-state index is 10.8. The summed E-state index contributed by atoms with van der Waals surface area (Å²) in [6.45, 7) is 3.78. The summed E-state index contributed by atoms with van der Waals surface area (Å²) in [5.74, 6) is -0.235. The predicted molar refractivity (Wildman–Crippen MR) is 62.9 cm³/mol. The van der Waals surface area contributed by atoms with E-state index in [-0.39, 0.29) is 5.92 Å². The van der Waals surface area contributed by atoms with Crippen molar-refractivity contribution >= 4 is 5.97 Å². The van der Waals surface area contributed by atoms with Crippen molar-refractivity contribution in [1.82, 2.24) is 0 Å². The van der Waals surface area contributed by atoms with Crippen LogP contribution in [-0.4, -0.2) is 18.2 Å². The Morgan fingerprint density at radius 1 is 1.50 bits per heavy atom. The minimum atomic E-state index is -0.756. The Morgan fingerprint density at radius 2 is 2.19 bits per heavy atom. The van der Waals surface area contributed by atoms with Gasteiger partial charge in [-0.15, -0.1) is 0 Å². The van der Waals surface area contributed by atoms with Crippen LogP contribution in [0.4, 0.5) is 0 Å². The third kappa shape index (κ3) is 2.99. The fourth-order valence-corrected chi connectivity index (χ4v) is 1.68. The zero-order valence-corrected chi connectivity index (χ0v) is 9.99. The van der Waals surface area contributed by atoms with Gasteiger partial charge in [-0.2, -0.15) is 0 Å². The van der Waals surface area contributed by atoms with E-state index in [2.05, 4.69) is 6.92 Å². The molecule has 0 aliphatic heterocycles. The molecule has 0 aliphatic carbocycles. The Kier molecular flexibility index (Phi) is 4.35. The fraction of sp³-hybridized carbons (Fsp3) is 0.462. The van der Waals surface area contributed by atoms with E-state index in [1.165, 1.54) is 0 Å². The molecule has 0 bridgehead atoms. The van der Waals surface area contributed by atoms with Crippen LogP contribution in [0.15, 0.2) is 18.2 Å². The first-order valence-corrected chi connectivity index (χ1v) is 5.47. The molecular formula is C13H18O3. The number of aliphatic carboxylic acids is 1. The van der Waals surface area contributed by atoms with Gasteiger partial charge in [-0.25, -0.2) is 0 Å². The minimum absolute atomic E-state index is 0.349. The summed E-state index contributed by atoms with van der Waals surface area (Å²) in [5.41, 5.74) is 2.17. The highest BCUT2D eigenvalue weighted by Gasteiger charge is 2.12. The zero-order chi connectivity index (χ0) is 12.1. The molecule has 1 aromatic carbocycles. The fourth-order valence-electron chi connectivity index (χ4n) is 1.68. The van der Waals surface area contributed by atoms with Gasteiger partial charge in [-0.1, -0.05) is 26.0 Å². The van der Waals surface area contributed by atoms with Gasteiger partial charge in [-0.05, 0) is 30.0 Å². The van der Waals surface area contributed by atoms with Crippen LogP contribution >= 0.6 is 0 Å². The normalized spacial score (nSPS) is 12.2. The zero-order valence-electron chi connectivity index (χ0n) is 9.99. The van der Waals surface area contributed by atoms with Gasteiger partial charge in [0.1, 0.15) is 5.75 Å². The van der Waals surface area contributed by atoms with Crippen molar-refractivity contribution in [3.63, 3.8) is 0 Å². The summed E-state index contributed by atoms with van der Waals surface area (Å²) in [5, 5.41) is 8.85. The molecule has 0 spiro atoms. The van der Waals surface area contributed by atoms with Crippen molar-refractivity contribution in [2.75, 3.05) is 7.11 Å². The SMILES string of the molecule is CCc1cc(CC(C)C(=O)O)ccc1OC. The van der Waals surface area contributed by atoms with Crippen LogP contribution in [-0.2, 0) is 17.6 Å². The molecule has 0 heterocycles. The molecule has 16 heavy (non-hydrogen) atoms. The Hall–Kier alpha value is -1.51. The summed E-state index contributed by atoms with van der Waals surface area (Å²) in [4.78, 5) is 10.8. The van der Waals surface area contributed by atoms with Gasteiger partial charge in [0.25, 0.3) is 0 Å². The lowest BCUT2D eigenvalue weighted by Crippen LogP contribution is -2.12. The molecule has 1 aromatic rings. The monoisotopic (exact) mass is 222 g/mol. The highest BCUT2D eigenvalue weighted by molar-refractivity contribution is 5.69. The number of hydrogen-bond donors (Lipinski definition) is 1. The number of rotatable bonds is 5. The first-order chi connectivity index (χ1) is 7.58. The van der Waals surface area contributed by atoms with Crippen molar-refractivity contribution in [2.24, 2.45) is 5.92 Å². The lowest BCUT2D eigenvalue weighted by Gasteiger charge is -2.11. The van der Waals surface area contributed by atoms with Gasteiger partial charge < -0.3 is 9.84 Å². The van der Waals surface area contributed by atoms with Crippen molar-refractivity contribution in [1.29, 1.82) is 0 Å². The summed E-state index contributed by atoms with van der Waals surface area (Å²) in [6, 6.07) is 5.86. The molecule has 3 heteroatoms. The third-order valence-electron chi connectivity index (χ3n) is 2.69. The minimum Gasteiger partial charge on any atom is -0.496 e. The molecule has 1 rings (SSSR count). The van der Waals surface area contributed by atoms with E-state index in [1.807, 2.05) is 18.2 Å². The molecule has 0 saturated carbocycles. The summed E-state index contributed by atoms with van der Waals surface area (Å²) in [6.07, 6.45) is 1.45. The second-order valence-electron chi connectivity index (χ2n) is 3.94. The number of ether oxygens (including phenoxy) is 1. The third-order valence-corrected chi connectivity index (χ3v) is 2.69. The molecular weight excluding hydrogens is 204 g/mol. The van der Waals surface area contributed by atoms with Crippen molar-refractivity contribution in [2.45, 2.75) is 26.7 Å². The Bertz CT molecular complexity index is 371. The van der Waals surface area contributed by atoms with Gasteiger partial charge in [0.15, 0.2) is 0 Å². The van der Waals surface area contributed by atoms with Crippen LogP contribution < -0.4 is 4.74 Å². The molecule has 1 unspecified atom stereocenters. The number of benzene rings is 1. The maximum absolute atomic E-state index is 10.8. The molecule has 0 aromatic heterocycles. The second-order valence-corrected chi connectivity index (χ2v) is 3.94. The Labute approximate surface area is 96.1 Å². The van der Waals surface area contributed by atoms with Crippen LogP contribution in [0.25, 0.3) is 0 Å². The number of carboxylic acids is 1. The van der Waals surface area contributed by atoms with Gasteiger partial charge >= 0.3 is 5.97 Å². The Morgan fingerprint density at radius 3 is 2.69 bits per heavy atom. The number of aryl methyl sites for hydroxylation is 1. The Balaban J connectivity index is 2.86. The summed E-state index contributed by atoms with van der Waals surface area (Å²) < 4.78 is 5.23. The van der Waals surface area contributed by atoms with E-state index in [4.69, 9.17) is 9.84 Å². The molecule has 0 aliphatic rings. The molecule has 0 saturated heterocycles. The number of hydrogen-bond acceptors (Lipinski definition) is 2. The first kappa shape index (κ1) is 12.6. The number of carbonyl (C=O) groups is 1. The van der Waals surface area contributed by atoms with Gasteiger partial charge in [0, 0.05) is 0 Å². The predicted octanol–water partition coefficient (Wildman–Crippen LogP) is 2.52. The van der Waals surface area contributed by atoms with E-state index < -0.39 is 5.97 Å². The van der Waals surface area contributed by atoms with E-state index >= 15 is 0 Å². The van der Waals surface area contributed by atoms with Crippen LogP contribution in [0.3, 0.4) is 0 Å². The molecule has 1 atom stereocenters. The largest absolute Gasteiger partial charge is 0.496 e. The van der Waals surface area contributed by atoms with E-state index in [9.17, 15) is 4.79 Å². The quantitative estimate of drug-likeness (QED) is 0.832. The van der Waals surface area contributed by atoms with E-state index in [1.54, 1.807) is 14.0 Å². The summed E-state index contributed by atoms with van der Waals surface area (Å²) >= 11 is 0. The number of carboxylic acid groups (broad SMARTS) is 1. The van der Waals surface area contributed by atoms with Crippen LogP contribution in [0.1, 0.15) is 25.0 Å². The molecule has 0 radical (unpaired) electrons. The summed E-state index contributed by atoms with van der Waals surface area (Å²) in [7, 11) is 1.65. The van der Waals surface area contributed by atoms with E-state index in [0.717, 1.165) is 23.3 Å². The maximum Gasteiger partial charge on any atom is 0.306 e. The molecule has 0 amide bonds. The smallest absolute Gasteiger partial charge is 0.306 e. The van der Waals surface area contributed by atoms with Crippen LogP contribution in [0.5, 0.6) is 5.75 Å². The van der Waals surface area contributed by atoms with Gasteiger partial charge in [0.2, 0.25) is 0 Å². The van der Waals surface area contributed by atoms with Crippen LogP contribution in [0, 0.1) is 5.92 Å². The highest BCUT2D eigenvalue weighted by atomic mass is 16.5. The topological polar surface area (TPSA) is 46.5 Å². The lowest BCUT2D eigenvalue weighted by atomic mass is 9.98. The molecule has 88 valence electrons. The average molecular weight is 222 g/mol. The average Bonchev–Trinajstić information content (AvgIpc) is 2.28. The standard InChI is InChI=1S/C13H18O3/c1-4-11-8-10(5-6-12(11)16-3)7-9(2)13(14)15/h5-6,8-9H,4,7H2,1-3H3,(H,14,15). The molecule has 3 nitrogen and oxygen atoms in total. The second kappa shape index (κ2) is 5.54. The highest BCUT2D eigenvalue weighted by Crippen LogP contribution is 2.21. The lowest BCUT2D eigenvalue weighted by molar-refractivity contribution is -0.141. The van der Waals surface area contributed by atoms with Crippen molar-refractivity contribution in [3.05, 3.63) is 29.3 Å². The number of methoxy groups -OCH3 is 1. The first-order valence-electron chi connectivity index (χ1n) is 5.47.